The summed E-state index contributed by atoms with van der Waals surface area (Å²) in [5.41, 5.74) is 6.64. The van der Waals surface area contributed by atoms with Crippen molar-refractivity contribution in [3.8, 4) is 0 Å². The molecule has 0 aliphatic carbocycles. The van der Waals surface area contributed by atoms with Crippen molar-refractivity contribution in [2.45, 2.75) is 21.1 Å². The van der Waals surface area contributed by atoms with Crippen LogP contribution in [-0.2, 0) is 41.3 Å². The number of rotatable bonds is 13. The van der Waals surface area contributed by atoms with E-state index in [1.54, 1.807) is 90.8 Å². The second-order valence-corrected chi connectivity index (χ2v) is 20.3. The number of amides is 1. The van der Waals surface area contributed by atoms with E-state index >= 15 is 0 Å². The Kier molecular flexibility index (Phi) is 19.8. The van der Waals surface area contributed by atoms with Crippen LogP contribution in [0.4, 0.5) is 17.1 Å². The van der Waals surface area contributed by atoms with Crippen molar-refractivity contribution in [1.29, 1.82) is 0 Å². The molecule has 0 atom stereocenters. The van der Waals surface area contributed by atoms with E-state index in [2.05, 4.69) is 66.3 Å². The normalized spacial score (nSPS) is 11.7. The van der Waals surface area contributed by atoms with E-state index in [1.807, 2.05) is 0 Å². The number of hydrogen-bond donors (Lipinski definition) is 2. The highest BCUT2D eigenvalue weighted by atomic mass is 79.9. The zero-order valence-corrected chi connectivity index (χ0v) is 40.5. The maximum atomic E-state index is 12.3. The quantitative estimate of drug-likeness (QED) is 0.0477. The summed E-state index contributed by atoms with van der Waals surface area (Å²) in [6.07, 6.45) is 3.62. The van der Waals surface area contributed by atoms with E-state index in [0.29, 0.717) is 30.9 Å². The standard InChI is InChI=1S/C17H17BrClN3O3S.C9H10BrN3O4S.C9H12BrN3O2S/c1-22(2)11-20-26(24,25)16-10-13(7-8-14(16)18)21-17(23)9-12-5-3-4-6-15(12)19;1-12(2)6-11-18(16,17)9-5-7(13(14)15)3-4-8(9)10;1-13(2)6-12-16(14,15)9-5-7(11)3-4-8(9)10/h3-8,10-11H,9H2,1-2H3,(H,21,23);3-6H,1-2H3;3-6H,11H2,1-2H3. The summed E-state index contributed by atoms with van der Waals surface area (Å²) in [6.45, 7) is 0. The van der Waals surface area contributed by atoms with Gasteiger partial charge in [-0.1, -0.05) is 29.8 Å². The number of sulfonamides is 3. The molecule has 3 N–H and O–H groups in total. The number of hydrogen-bond acceptors (Lipinski definition) is 10. The van der Waals surface area contributed by atoms with E-state index in [9.17, 15) is 40.2 Å². The number of anilines is 2. The monoisotopic (exact) mass is 1100 g/mol. The molecule has 0 bridgehead atoms. The predicted octanol–water partition coefficient (Wildman–Crippen LogP) is 6.51. The molecule has 0 saturated carbocycles. The van der Waals surface area contributed by atoms with Crippen LogP contribution in [-0.4, -0.2) is 112 Å². The van der Waals surface area contributed by atoms with E-state index in [1.165, 1.54) is 51.6 Å². The third-order valence-electron chi connectivity index (χ3n) is 6.69. The average molecular weight is 1100 g/mol. The zero-order chi connectivity index (χ0) is 45.6. The molecule has 0 heterocycles. The number of non-ortho nitro benzene ring substituents is 1. The molecule has 0 spiro atoms. The van der Waals surface area contributed by atoms with Gasteiger partial charge in [-0.25, -0.2) is 0 Å². The fourth-order valence-electron chi connectivity index (χ4n) is 3.96. The maximum absolute atomic E-state index is 12.3. The van der Waals surface area contributed by atoms with Gasteiger partial charge in [0.1, 0.15) is 33.7 Å². The number of nitro benzene ring substituents is 1. The number of nitrogens with one attached hydrogen (secondary N) is 1. The van der Waals surface area contributed by atoms with Gasteiger partial charge in [0.15, 0.2) is 0 Å². The van der Waals surface area contributed by atoms with Crippen molar-refractivity contribution >= 4 is 131 Å². The lowest BCUT2D eigenvalue weighted by Gasteiger charge is -2.09. The smallest absolute Gasteiger partial charge is 0.285 e. The Bertz CT molecular complexity index is 2610. The van der Waals surface area contributed by atoms with Crippen LogP contribution in [0.15, 0.2) is 120 Å². The average Bonchev–Trinajstić information content (AvgIpc) is 3.15. The largest absolute Gasteiger partial charge is 0.399 e. The minimum Gasteiger partial charge on any atom is -0.399 e. The van der Waals surface area contributed by atoms with Crippen LogP contribution in [0.1, 0.15) is 5.56 Å². The predicted molar refractivity (Wildman–Crippen MR) is 245 cm³/mol. The molecule has 60 heavy (non-hydrogen) atoms. The third-order valence-corrected chi connectivity index (χ3v) is 13.7. The van der Waals surface area contributed by atoms with Crippen molar-refractivity contribution < 1.29 is 35.0 Å². The number of carbonyl (C=O) groups excluding carboxylic acids is 1. The molecule has 0 aliphatic rings. The van der Waals surface area contributed by atoms with Crippen LogP contribution in [0.3, 0.4) is 0 Å². The first-order chi connectivity index (χ1) is 27.7. The Labute approximate surface area is 378 Å². The molecule has 324 valence electrons. The van der Waals surface area contributed by atoms with Crippen molar-refractivity contribution in [2.75, 3.05) is 53.3 Å². The third kappa shape index (κ3) is 16.9. The summed E-state index contributed by atoms with van der Waals surface area (Å²) in [4.78, 5) is 26.5. The summed E-state index contributed by atoms with van der Waals surface area (Å²) in [7, 11) is -1.64. The topological polar surface area (TPSA) is 247 Å². The first-order valence-corrected chi connectivity index (χ1v) is 23.6. The van der Waals surface area contributed by atoms with Gasteiger partial charge in [0.25, 0.3) is 35.8 Å². The summed E-state index contributed by atoms with van der Waals surface area (Å²) in [5.74, 6) is -0.305. The van der Waals surface area contributed by atoms with Gasteiger partial charge in [-0.3, -0.25) is 14.9 Å². The number of nitro groups is 1. The van der Waals surface area contributed by atoms with Crippen LogP contribution < -0.4 is 11.1 Å². The number of nitrogen functional groups attached to an aromatic ring is 1. The van der Waals surface area contributed by atoms with Gasteiger partial charge in [0, 0.05) is 84.2 Å². The summed E-state index contributed by atoms with van der Waals surface area (Å²) < 4.78 is 83.6. The van der Waals surface area contributed by atoms with Crippen molar-refractivity contribution in [3.63, 3.8) is 0 Å². The fraction of sp³-hybridized carbons (Fsp3) is 0.200. The lowest BCUT2D eigenvalue weighted by atomic mass is 10.1. The second-order valence-electron chi connectivity index (χ2n) is 12.5. The number of nitrogens with two attached hydrogens (primary N) is 1. The van der Waals surface area contributed by atoms with E-state index < -0.39 is 35.0 Å². The first kappa shape index (κ1) is 51.7. The molecule has 0 aliphatic heterocycles. The van der Waals surface area contributed by atoms with Gasteiger partial charge in [-0.05, 0) is 102 Å². The molecule has 4 aromatic rings. The van der Waals surface area contributed by atoms with E-state index in [-0.39, 0.29) is 37.2 Å². The highest BCUT2D eigenvalue weighted by Gasteiger charge is 2.21. The van der Waals surface area contributed by atoms with Crippen molar-refractivity contribution in [1.82, 2.24) is 14.7 Å². The Hall–Kier alpha value is -4.46. The van der Waals surface area contributed by atoms with Gasteiger partial charge in [0.05, 0.1) is 11.3 Å². The van der Waals surface area contributed by atoms with E-state index in [4.69, 9.17) is 17.3 Å². The molecule has 25 heteroatoms. The lowest BCUT2D eigenvalue weighted by molar-refractivity contribution is -0.385. The van der Waals surface area contributed by atoms with Crippen molar-refractivity contribution in [2.24, 2.45) is 13.2 Å². The fourth-order valence-corrected chi connectivity index (χ4v) is 9.80. The first-order valence-electron chi connectivity index (χ1n) is 16.5. The molecule has 0 radical (unpaired) electrons. The van der Waals surface area contributed by atoms with Gasteiger partial charge in [-0.15, -0.1) is 13.2 Å². The molecule has 0 fully saturated rings. The summed E-state index contributed by atoms with van der Waals surface area (Å²) in [5, 5.41) is 13.8. The Morgan fingerprint density at radius 1 is 0.700 bits per heavy atom. The molecule has 1 amide bonds. The van der Waals surface area contributed by atoms with Gasteiger partial charge < -0.3 is 25.8 Å². The highest BCUT2D eigenvalue weighted by molar-refractivity contribution is 9.11. The molecule has 0 saturated heterocycles. The van der Waals surface area contributed by atoms with Crippen LogP contribution in [0, 0.1) is 10.1 Å². The van der Waals surface area contributed by atoms with Gasteiger partial charge >= 0.3 is 0 Å². The van der Waals surface area contributed by atoms with Crippen LogP contribution in [0.25, 0.3) is 0 Å². The summed E-state index contributed by atoms with van der Waals surface area (Å²) in [6, 6.07) is 19.6. The van der Waals surface area contributed by atoms with Crippen LogP contribution in [0.2, 0.25) is 5.02 Å². The Morgan fingerprint density at radius 3 is 1.57 bits per heavy atom. The number of benzene rings is 4. The molecule has 18 nitrogen and oxygen atoms in total. The minimum atomic E-state index is -3.97. The van der Waals surface area contributed by atoms with Crippen LogP contribution >= 0.6 is 59.4 Å². The number of nitrogens with zero attached hydrogens (tertiary/aromatic N) is 7. The molecule has 4 aromatic carbocycles. The van der Waals surface area contributed by atoms with Crippen LogP contribution in [0.5, 0.6) is 0 Å². The zero-order valence-electron chi connectivity index (χ0n) is 32.6. The lowest BCUT2D eigenvalue weighted by Crippen LogP contribution is -2.15. The Morgan fingerprint density at radius 2 is 1.12 bits per heavy atom. The maximum Gasteiger partial charge on any atom is 0.285 e. The second kappa shape index (κ2) is 22.9. The molecular weight excluding hydrogens is 1060 g/mol. The minimum absolute atomic E-state index is 0.0360. The summed E-state index contributed by atoms with van der Waals surface area (Å²) >= 11 is 15.4. The van der Waals surface area contributed by atoms with Gasteiger partial charge in [-0.2, -0.15) is 25.3 Å². The molecule has 0 unspecified atom stereocenters. The highest BCUT2D eigenvalue weighted by Crippen LogP contribution is 2.29. The Balaban J connectivity index is 0.000000323. The van der Waals surface area contributed by atoms with Crippen molar-refractivity contribution in [3.05, 3.63) is 113 Å². The number of halogens is 4. The molecule has 4 rings (SSSR count). The molecule has 0 aromatic heterocycles. The van der Waals surface area contributed by atoms with Gasteiger partial charge in [0.2, 0.25) is 5.91 Å². The van der Waals surface area contributed by atoms with E-state index in [0.717, 1.165) is 12.4 Å². The number of carbonyl (C=O) groups is 1. The molecular formula is C35H39Br3ClN9O9S3. The SMILES string of the molecule is CN(C)C=NS(=O)(=O)c1cc(N)ccc1Br.CN(C)C=NS(=O)(=O)c1cc(NC(=O)Cc2ccccc2Cl)ccc1Br.CN(C)C=NS(=O)(=O)c1cc([N+](=O)[O-])ccc1Br.